The van der Waals surface area contributed by atoms with Crippen LogP contribution < -0.4 is 11.1 Å². The number of pyridine rings is 1. The molecule has 0 saturated heterocycles. The summed E-state index contributed by atoms with van der Waals surface area (Å²) in [6.07, 6.45) is 1.46. The van der Waals surface area contributed by atoms with Gasteiger partial charge in [0.25, 0.3) is 17.0 Å². The summed E-state index contributed by atoms with van der Waals surface area (Å²) in [7, 11) is 0. The van der Waals surface area contributed by atoms with E-state index in [9.17, 15) is 14.4 Å². The van der Waals surface area contributed by atoms with Crippen LogP contribution in [-0.2, 0) is 11.9 Å². The van der Waals surface area contributed by atoms with Crippen LogP contribution in [0.25, 0.3) is 10.9 Å². The minimum Gasteiger partial charge on any atom is -0.267 e. The molecule has 2 aromatic heterocycles. The molecule has 0 fully saturated rings. The Balaban J connectivity index is 2.02. The van der Waals surface area contributed by atoms with Crippen LogP contribution in [0.2, 0.25) is 0 Å². The minimum absolute atomic E-state index is 0.0475. The van der Waals surface area contributed by atoms with Gasteiger partial charge in [-0.25, -0.2) is 4.68 Å². The van der Waals surface area contributed by atoms with Crippen LogP contribution >= 0.6 is 15.9 Å². The Morgan fingerprint density at radius 2 is 1.62 bits per heavy atom. The zero-order valence-corrected chi connectivity index (χ0v) is 16.9. The van der Waals surface area contributed by atoms with E-state index in [2.05, 4.69) is 20.9 Å². The van der Waals surface area contributed by atoms with Gasteiger partial charge in [-0.05, 0) is 29.3 Å². The zero-order valence-electron chi connectivity index (χ0n) is 15.3. The molecule has 0 bridgehead atoms. The SMILES string of the molecule is O=C(c1ccccc1CBr)n1c(=O)c2cccnc2c(=O)n1Cc1ccccc1. The Morgan fingerprint density at radius 3 is 2.38 bits per heavy atom. The lowest BCUT2D eigenvalue weighted by molar-refractivity contribution is 0.0919. The molecule has 29 heavy (non-hydrogen) atoms. The average molecular weight is 450 g/mol. The molecule has 0 N–H and O–H groups in total. The van der Waals surface area contributed by atoms with Gasteiger partial charge >= 0.3 is 0 Å². The average Bonchev–Trinajstić information content (AvgIpc) is 2.78. The maximum absolute atomic E-state index is 13.4. The molecule has 144 valence electrons. The van der Waals surface area contributed by atoms with Crippen molar-refractivity contribution >= 4 is 32.7 Å². The normalized spacial score (nSPS) is 10.9. The fourth-order valence-corrected chi connectivity index (χ4v) is 3.73. The van der Waals surface area contributed by atoms with Crippen LogP contribution in [0, 0.1) is 0 Å². The molecule has 0 aliphatic heterocycles. The third kappa shape index (κ3) is 3.45. The van der Waals surface area contributed by atoms with Gasteiger partial charge in [-0.2, -0.15) is 4.68 Å². The van der Waals surface area contributed by atoms with Crippen molar-refractivity contribution in [2.45, 2.75) is 11.9 Å². The van der Waals surface area contributed by atoms with Crippen LogP contribution in [0.15, 0.2) is 82.5 Å². The lowest BCUT2D eigenvalue weighted by Gasteiger charge is -2.16. The summed E-state index contributed by atoms with van der Waals surface area (Å²) in [4.78, 5) is 43.9. The van der Waals surface area contributed by atoms with E-state index < -0.39 is 17.0 Å². The Kier molecular flexibility index (Phi) is 5.22. The molecule has 0 aliphatic rings. The Bertz CT molecular complexity index is 1330. The van der Waals surface area contributed by atoms with E-state index in [0.29, 0.717) is 10.9 Å². The van der Waals surface area contributed by atoms with Crippen LogP contribution in [-0.4, -0.2) is 20.3 Å². The second kappa shape index (κ2) is 7.97. The number of alkyl halides is 1. The van der Waals surface area contributed by atoms with Crippen molar-refractivity contribution in [2.75, 3.05) is 0 Å². The number of hydrogen-bond donors (Lipinski definition) is 0. The van der Waals surface area contributed by atoms with Crippen LogP contribution in [0.5, 0.6) is 0 Å². The second-order valence-electron chi connectivity index (χ2n) is 6.46. The molecular formula is C22H16BrN3O3. The lowest BCUT2D eigenvalue weighted by atomic mass is 10.1. The molecule has 0 atom stereocenters. The number of nitrogens with zero attached hydrogens (tertiary/aromatic N) is 3. The van der Waals surface area contributed by atoms with Gasteiger partial charge in [0, 0.05) is 17.1 Å². The quantitative estimate of drug-likeness (QED) is 0.448. The molecule has 4 rings (SSSR count). The zero-order chi connectivity index (χ0) is 20.4. The summed E-state index contributed by atoms with van der Waals surface area (Å²) in [5.41, 5.74) is 0.864. The van der Waals surface area contributed by atoms with Gasteiger partial charge in [0.05, 0.1) is 11.9 Å². The number of halogens is 1. The predicted molar refractivity (Wildman–Crippen MR) is 115 cm³/mol. The first-order valence-electron chi connectivity index (χ1n) is 8.95. The van der Waals surface area contributed by atoms with Gasteiger partial charge in [-0.3, -0.25) is 19.4 Å². The first-order chi connectivity index (χ1) is 14.1. The number of fused-ring (bicyclic) bond motifs is 1. The van der Waals surface area contributed by atoms with E-state index in [-0.39, 0.29) is 17.4 Å². The fraction of sp³-hybridized carbons (Fsp3) is 0.0909. The first-order valence-corrected chi connectivity index (χ1v) is 10.1. The summed E-state index contributed by atoms with van der Waals surface area (Å²) >= 11 is 3.38. The topological polar surface area (TPSA) is 74.0 Å². The van der Waals surface area contributed by atoms with E-state index >= 15 is 0 Å². The Labute approximate surface area is 174 Å². The maximum Gasteiger partial charge on any atom is 0.292 e. The molecule has 6 nitrogen and oxygen atoms in total. The van der Waals surface area contributed by atoms with Gasteiger partial charge < -0.3 is 0 Å². The van der Waals surface area contributed by atoms with Crippen molar-refractivity contribution in [1.29, 1.82) is 0 Å². The molecular weight excluding hydrogens is 434 g/mol. The van der Waals surface area contributed by atoms with E-state index in [1.54, 1.807) is 24.3 Å². The van der Waals surface area contributed by atoms with Crippen molar-refractivity contribution in [3.05, 3.63) is 110 Å². The molecule has 4 aromatic rings. The number of aromatic nitrogens is 3. The second-order valence-corrected chi connectivity index (χ2v) is 7.02. The monoisotopic (exact) mass is 449 g/mol. The van der Waals surface area contributed by atoms with E-state index in [0.717, 1.165) is 15.8 Å². The minimum atomic E-state index is -0.571. The molecule has 0 amide bonds. The third-order valence-corrected chi connectivity index (χ3v) is 5.27. The first kappa shape index (κ1) is 19.0. The summed E-state index contributed by atoms with van der Waals surface area (Å²) in [5, 5.41) is 0.563. The maximum atomic E-state index is 13.4. The van der Waals surface area contributed by atoms with Crippen molar-refractivity contribution in [1.82, 2.24) is 14.3 Å². The number of carbonyl (C=O) groups excluding carboxylic acids is 1. The van der Waals surface area contributed by atoms with E-state index in [1.807, 2.05) is 36.4 Å². The van der Waals surface area contributed by atoms with Gasteiger partial charge in [0.15, 0.2) is 0 Å². The molecule has 7 heteroatoms. The van der Waals surface area contributed by atoms with E-state index in [4.69, 9.17) is 0 Å². The third-order valence-electron chi connectivity index (χ3n) is 4.67. The number of rotatable bonds is 4. The van der Waals surface area contributed by atoms with Crippen LogP contribution in [0.1, 0.15) is 21.5 Å². The summed E-state index contributed by atoms with van der Waals surface area (Å²) in [5.74, 6) is -0.552. The molecule has 0 radical (unpaired) electrons. The van der Waals surface area contributed by atoms with Crippen molar-refractivity contribution in [3.8, 4) is 0 Å². The highest BCUT2D eigenvalue weighted by Crippen LogP contribution is 2.14. The Hall–Kier alpha value is -3.32. The van der Waals surface area contributed by atoms with Gasteiger partial charge in [0.1, 0.15) is 5.52 Å². The molecule has 0 aliphatic carbocycles. The highest BCUT2D eigenvalue weighted by Gasteiger charge is 2.22. The number of hydrogen-bond acceptors (Lipinski definition) is 4. The van der Waals surface area contributed by atoms with Crippen LogP contribution in [0.4, 0.5) is 0 Å². The summed E-state index contributed by atoms with van der Waals surface area (Å²) in [6.45, 7) is 0.0731. The highest BCUT2D eigenvalue weighted by molar-refractivity contribution is 9.08. The van der Waals surface area contributed by atoms with Gasteiger partial charge in [-0.1, -0.05) is 64.5 Å². The van der Waals surface area contributed by atoms with Gasteiger partial charge in [0.2, 0.25) is 0 Å². The van der Waals surface area contributed by atoms with Crippen molar-refractivity contribution in [3.63, 3.8) is 0 Å². The van der Waals surface area contributed by atoms with Crippen molar-refractivity contribution in [2.24, 2.45) is 0 Å². The Morgan fingerprint density at radius 1 is 0.897 bits per heavy atom. The largest absolute Gasteiger partial charge is 0.292 e. The number of benzene rings is 2. The smallest absolute Gasteiger partial charge is 0.267 e. The standard InChI is InChI=1S/C22H16BrN3O3/c23-13-16-9-4-5-10-17(16)20(27)26-21(28)18-11-6-12-24-19(18)22(29)25(26)14-15-7-2-1-3-8-15/h1-12H,13-14H2. The molecule has 0 saturated carbocycles. The summed E-state index contributed by atoms with van der Waals surface area (Å²) < 4.78 is 2.10. The van der Waals surface area contributed by atoms with Crippen molar-refractivity contribution < 1.29 is 4.79 Å². The fourth-order valence-electron chi connectivity index (χ4n) is 3.25. The lowest BCUT2D eigenvalue weighted by Crippen LogP contribution is -2.43. The molecule has 2 heterocycles. The van der Waals surface area contributed by atoms with Gasteiger partial charge in [-0.15, -0.1) is 0 Å². The molecule has 2 aromatic carbocycles. The molecule has 0 unspecified atom stereocenters. The van der Waals surface area contributed by atoms with E-state index in [1.165, 1.54) is 16.9 Å². The number of carbonyl (C=O) groups is 1. The summed E-state index contributed by atoms with van der Waals surface area (Å²) in [6, 6.07) is 19.3. The molecule has 0 spiro atoms. The predicted octanol–water partition coefficient (Wildman–Crippen LogP) is 3.19. The highest BCUT2D eigenvalue weighted by atomic mass is 79.9. The van der Waals surface area contributed by atoms with Crippen LogP contribution in [0.3, 0.4) is 0 Å².